The second kappa shape index (κ2) is 7.50. The average molecular weight is 305 g/mol. The molecule has 0 fully saturated rings. The number of carbonyl (C=O) groups excluding carboxylic acids is 1. The average Bonchev–Trinajstić information content (AvgIpc) is 2.82. The van der Waals surface area contributed by atoms with Gasteiger partial charge in [-0.1, -0.05) is 37.7 Å². The molecule has 1 aromatic heterocycles. The van der Waals surface area contributed by atoms with Crippen LogP contribution < -0.4 is 5.32 Å². The van der Waals surface area contributed by atoms with E-state index in [9.17, 15) is 4.79 Å². The van der Waals surface area contributed by atoms with Crippen molar-refractivity contribution in [1.29, 1.82) is 0 Å². The molecule has 21 heavy (non-hydrogen) atoms. The first-order chi connectivity index (χ1) is 10.1. The number of amides is 1. The monoisotopic (exact) mass is 305 g/mol. The van der Waals surface area contributed by atoms with Crippen molar-refractivity contribution in [1.82, 2.24) is 14.9 Å². The van der Waals surface area contributed by atoms with Gasteiger partial charge >= 0.3 is 0 Å². The number of benzene rings is 1. The lowest BCUT2D eigenvalue weighted by atomic mass is 10.1. The van der Waals surface area contributed by atoms with Crippen molar-refractivity contribution < 1.29 is 4.79 Å². The largest absolute Gasteiger partial charge is 0.355 e. The predicted molar refractivity (Wildman–Crippen MR) is 88.6 cm³/mol. The Hall–Kier alpha value is -1.49. The van der Waals surface area contributed by atoms with Crippen LogP contribution in [-0.2, 0) is 11.3 Å². The molecule has 2 rings (SSSR count). The highest BCUT2D eigenvalue weighted by atomic mass is 32.2. The standard InChI is InChI=1S/C16H23N3OS/c1-4-19-14-8-6-5-7-13(14)18-16(19)21-11-15(20)17-10-9-12(2)3/h5-8,12H,4,9-11H2,1-3H3,(H,17,20). The molecule has 0 radical (unpaired) electrons. The van der Waals surface area contributed by atoms with Crippen LogP contribution >= 0.6 is 11.8 Å². The van der Waals surface area contributed by atoms with Gasteiger partial charge in [-0.05, 0) is 31.4 Å². The third kappa shape index (κ3) is 4.24. The Morgan fingerprint density at radius 1 is 1.38 bits per heavy atom. The Kier molecular flexibility index (Phi) is 5.67. The van der Waals surface area contributed by atoms with Gasteiger partial charge in [-0.15, -0.1) is 0 Å². The number of hydrogen-bond acceptors (Lipinski definition) is 3. The maximum absolute atomic E-state index is 11.8. The summed E-state index contributed by atoms with van der Waals surface area (Å²) in [6, 6.07) is 8.08. The molecule has 0 aliphatic rings. The highest BCUT2D eigenvalue weighted by Crippen LogP contribution is 2.23. The highest BCUT2D eigenvalue weighted by Gasteiger charge is 2.11. The van der Waals surface area contributed by atoms with Crippen LogP contribution in [0.15, 0.2) is 29.4 Å². The molecule has 1 heterocycles. The SMILES string of the molecule is CCn1c(SCC(=O)NCCC(C)C)nc2ccccc21. The number of aromatic nitrogens is 2. The van der Waals surface area contributed by atoms with Crippen molar-refractivity contribution in [3.63, 3.8) is 0 Å². The molecule has 0 aliphatic carbocycles. The smallest absolute Gasteiger partial charge is 0.230 e. The first-order valence-electron chi connectivity index (χ1n) is 7.46. The number of fused-ring (bicyclic) bond motifs is 1. The molecule has 0 saturated carbocycles. The van der Waals surface area contributed by atoms with Crippen LogP contribution in [-0.4, -0.2) is 27.8 Å². The van der Waals surface area contributed by atoms with E-state index in [-0.39, 0.29) is 5.91 Å². The number of carbonyl (C=O) groups is 1. The number of para-hydroxylation sites is 2. The van der Waals surface area contributed by atoms with Crippen LogP contribution in [0.2, 0.25) is 0 Å². The summed E-state index contributed by atoms with van der Waals surface area (Å²) in [6.07, 6.45) is 1.02. The van der Waals surface area contributed by atoms with E-state index in [0.717, 1.165) is 35.7 Å². The lowest BCUT2D eigenvalue weighted by Gasteiger charge is -2.08. The van der Waals surface area contributed by atoms with Crippen molar-refractivity contribution in [3.05, 3.63) is 24.3 Å². The van der Waals surface area contributed by atoms with Crippen molar-refractivity contribution in [2.75, 3.05) is 12.3 Å². The van der Waals surface area contributed by atoms with Gasteiger partial charge in [0.2, 0.25) is 5.91 Å². The molecule has 5 heteroatoms. The molecule has 0 saturated heterocycles. The second-order valence-corrected chi connectivity index (χ2v) is 6.39. The molecule has 0 aliphatic heterocycles. The number of aryl methyl sites for hydroxylation is 1. The van der Waals surface area contributed by atoms with Gasteiger partial charge in [0.25, 0.3) is 0 Å². The van der Waals surface area contributed by atoms with Crippen molar-refractivity contribution in [2.24, 2.45) is 5.92 Å². The topological polar surface area (TPSA) is 46.9 Å². The fraction of sp³-hybridized carbons (Fsp3) is 0.500. The molecule has 114 valence electrons. The Labute approximate surface area is 130 Å². The van der Waals surface area contributed by atoms with E-state index in [0.29, 0.717) is 11.7 Å². The summed E-state index contributed by atoms with van der Waals surface area (Å²) in [5.41, 5.74) is 2.12. The lowest BCUT2D eigenvalue weighted by Crippen LogP contribution is -2.27. The van der Waals surface area contributed by atoms with Crippen LogP contribution in [0.4, 0.5) is 0 Å². The van der Waals surface area contributed by atoms with Gasteiger partial charge in [-0.3, -0.25) is 4.79 Å². The molecule has 4 nitrogen and oxygen atoms in total. The first-order valence-corrected chi connectivity index (χ1v) is 8.45. The van der Waals surface area contributed by atoms with E-state index in [1.54, 1.807) is 0 Å². The summed E-state index contributed by atoms with van der Waals surface area (Å²) in [4.78, 5) is 16.5. The Bertz CT molecular complexity index is 607. The van der Waals surface area contributed by atoms with E-state index in [1.807, 2.05) is 18.2 Å². The molecular formula is C16H23N3OS. The number of nitrogens with one attached hydrogen (secondary N) is 1. The zero-order chi connectivity index (χ0) is 15.2. The summed E-state index contributed by atoms with van der Waals surface area (Å²) in [5, 5.41) is 3.87. The van der Waals surface area contributed by atoms with E-state index in [2.05, 4.69) is 41.7 Å². The van der Waals surface area contributed by atoms with Crippen LogP contribution in [0.3, 0.4) is 0 Å². The fourth-order valence-electron chi connectivity index (χ4n) is 2.15. The quantitative estimate of drug-likeness (QED) is 0.798. The van der Waals surface area contributed by atoms with Gasteiger partial charge < -0.3 is 9.88 Å². The van der Waals surface area contributed by atoms with Gasteiger partial charge in [0, 0.05) is 13.1 Å². The maximum atomic E-state index is 11.8. The Morgan fingerprint density at radius 3 is 2.86 bits per heavy atom. The minimum absolute atomic E-state index is 0.0790. The van der Waals surface area contributed by atoms with Crippen LogP contribution in [0, 0.1) is 5.92 Å². The van der Waals surface area contributed by atoms with Crippen molar-refractivity contribution in [3.8, 4) is 0 Å². The summed E-state index contributed by atoms with van der Waals surface area (Å²) in [7, 11) is 0. The molecule has 1 amide bonds. The molecular weight excluding hydrogens is 282 g/mol. The Balaban J connectivity index is 1.95. The summed E-state index contributed by atoms with van der Waals surface area (Å²) >= 11 is 1.50. The molecule has 0 bridgehead atoms. The third-order valence-corrected chi connectivity index (χ3v) is 4.29. The van der Waals surface area contributed by atoms with E-state index in [1.165, 1.54) is 11.8 Å². The molecule has 1 N–H and O–H groups in total. The zero-order valence-electron chi connectivity index (χ0n) is 12.9. The van der Waals surface area contributed by atoms with Gasteiger partial charge in [-0.2, -0.15) is 0 Å². The number of nitrogens with zero attached hydrogens (tertiary/aromatic N) is 2. The van der Waals surface area contributed by atoms with E-state index in [4.69, 9.17) is 0 Å². The van der Waals surface area contributed by atoms with Crippen molar-refractivity contribution >= 4 is 28.7 Å². The van der Waals surface area contributed by atoms with Gasteiger partial charge in [0.05, 0.1) is 16.8 Å². The molecule has 2 aromatic rings. The summed E-state index contributed by atoms with van der Waals surface area (Å²) in [5.74, 6) is 1.11. The molecule has 0 spiro atoms. The summed E-state index contributed by atoms with van der Waals surface area (Å²) in [6.45, 7) is 8.02. The van der Waals surface area contributed by atoms with Gasteiger partial charge in [0.1, 0.15) is 0 Å². The van der Waals surface area contributed by atoms with E-state index >= 15 is 0 Å². The van der Waals surface area contributed by atoms with Crippen molar-refractivity contribution in [2.45, 2.75) is 38.9 Å². The number of imidazole rings is 1. The third-order valence-electron chi connectivity index (χ3n) is 3.31. The first kappa shape index (κ1) is 15.9. The second-order valence-electron chi connectivity index (χ2n) is 5.45. The summed E-state index contributed by atoms with van der Waals surface area (Å²) < 4.78 is 2.15. The lowest BCUT2D eigenvalue weighted by molar-refractivity contribution is -0.118. The zero-order valence-corrected chi connectivity index (χ0v) is 13.7. The van der Waals surface area contributed by atoms with Crippen LogP contribution in [0.25, 0.3) is 11.0 Å². The van der Waals surface area contributed by atoms with Crippen LogP contribution in [0.1, 0.15) is 27.2 Å². The molecule has 1 aromatic carbocycles. The Morgan fingerprint density at radius 2 is 2.14 bits per heavy atom. The number of hydrogen-bond donors (Lipinski definition) is 1. The highest BCUT2D eigenvalue weighted by molar-refractivity contribution is 7.99. The normalized spacial score (nSPS) is 11.2. The molecule has 0 atom stereocenters. The predicted octanol–water partition coefficient (Wildman–Crippen LogP) is 3.31. The van der Waals surface area contributed by atoms with E-state index < -0.39 is 0 Å². The molecule has 0 unspecified atom stereocenters. The number of rotatable bonds is 7. The minimum Gasteiger partial charge on any atom is -0.355 e. The number of thioether (sulfide) groups is 1. The fourth-order valence-corrected chi connectivity index (χ4v) is 3.06. The van der Waals surface area contributed by atoms with Gasteiger partial charge in [-0.25, -0.2) is 4.98 Å². The van der Waals surface area contributed by atoms with Crippen LogP contribution in [0.5, 0.6) is 0 Å². The van der Waals surface area contributed by atoms with Gasteiger partial charge in [0.15, 0.2) is 5.16 Å². The minimum atomic E-state index is 0.0790. The maximum Gasteiger partial charge on any atom is 0.230 e.